The Morgan fingerprint density at radius 1 is 0.871 bits per heavy atom. The number of aliphatic carboxylic acids is 1. The third-order valence-electron chi connectivity index (χ3n) is 5.46. The molecule has 7 heteroatoms. The van der Waals surface area contributed by atoms with Crippen molar-refractivity contribution in [3.05, 3.63) is 71.3 Å². The minimum absolute atomic E-state index is 0. The first-order valence-electron chi connectivity index (χ1n) is 10.2. The second-order valence-electron chi connectivity index (χ2n) is 7.45. The third kappa shape index (κ3) is 8.65. The summed E-state index contributed by atoms with van der Waals surface area (Å²) in [5.74, 6) is -2.59. The average Bonchev–Trinajstić information content (AvgIpc) is 2.72. The Labute approximate surface area is 228 Å². The number of aliphatic hydroxyl groups is 1. The number of benzene rings is 2. The van der Waals surface area contributed by atoms with Crippen LogP contribution in [0.25, 0.3) is 0 Å². The van der Waals surface area contributed by atoms with E-state index in [0.29, 0.717) is 24.0 Å². The molecular formula is C24H28Na2O5. The predicted molar refractivity (Wildman–Crippen MR) is 107 cm³/mol. The number of hydrogen-bond donors (Lipinski definition) is 1. The van der Waals surface area contributed by atoms with Gasteiger partial charge in [0, 0.05) is 5.97 Å². The van der Waals surface area contributed by atoms with E-state index in [4.69, 9.17) is 0 Å². The fourth-order valence-corrected chi connectivity index (χ4v) is 3.89. The molecule has 2 atom stereocenters. The number of aromatic carboxylic acids is 1. The van der Waals surface area contributed by atoms with E-state index in [0.717, 1.165) is 25.7 Å². The molecule has 0 amide bonds. The van der Waals surface area contributed by atoms with Gasteiger partial charge in [-0.3, -0.25) is 0 Å². The zero-order valence-corrected chi connectivity index (χ0v) is 22.8. The molecule has 0 saturated heterocycles. The van der Waals surface area contributed by atoms with Gasteiger partial charge in [-0.2, -0.15) is 0 Å². The van der Waals surface area contributed by atoms with E-state index in [1.165, 1.54) is 12.1 Å². The second kappa shape index (κ2) is 15.2. The molecule has 0 fully saturated rings. The molecule has 2 unspecified atom stereocenters. The van der Waals surface area contributed by atoms with Crippen LogP contribution in [0.4, 0.5) is 0 Å². The van der Waals surface area contributed by atoms with Gasteiger partial charge in [-0.25, -0.2) is 0 Å². The monoisotopic (exact) mass is 442 g/mol. The summed E-state index contributed by atoms with van der Waals surface area (Å²) in [6.07, 6.45) is 4.57. The molecule has 1 N–H and O–H groups in total. The summed E-state index contributed by atoms with van der Waals surface area (Å²) in [5, 5.41) is 34.0. The van der Waals surface area contributed by atoms with Crippen LogP contribution in [0.3, 0.4) is 0 Å². The average molecular weight is 442 g/mol. The van der Waals surface area contributed by atoms with E-state index in [9.17, 15) is 24.9 Å². The first-order chi connectivity index (χ1) is 13.9. The van der Waals surface area contributed by atoms with Crippen molar-refractivity contribution in [1.29, 1.82) is 0 Å². The van der Waals surface area contributed by atoms with Crippen LogP contribution in [0.1, 0.15) is 73.4 Å². The van der Waals surface area contributed by atoms with Gasteiger partial charge in [-0.15, -0.1) is 0 Å². The molecule has 31 heavy (non-hydrogen) atoms. The van der Waals surface area contributed by atoms with Crippen molar-refractivity contribution in [3.8, 4) is 0 Å². The van der Waals surface area contributed by atoms with Gasteiger partial charge in [0.2, 0.25) is 0 Å². The maximum atomic E-state index is 12.0. The summed E-state index contributed by atoms with van der Waals surface area (Å²) in [7, 11) is 0. The molecule has 0 heterocycles. The minimum atomic E-state index is -1.36. The summed E-state index contributed by atoms with van der Waals surface area (Å²) in [4.78, 5) is 22.0. The minimum Gasteiger partial charge on any atom is -0.550 e. The summed E-state index contributed by atoms with van der Waals surface area (Å²) in [6, 6.07) is 15.3. The van der Waals surface area contributed by atoms with Gasteiger partial charge in [0.15, 0.2) is 0 Å². The molecule has 0 aliphatic heterocycles. The van der Waals surface area contributed by atoms with Gasteiger partial charge in [0.05, 0.1) is 5.97 Å². The van der Waals surface area contributed by atoms with Crippen molar-refractivity contribution in [3.63, 3.8) is 0 Å². The molecule has 0 saturated carbocycles. The van der Waals surface area contributed by atoms with Crippen molar-refractivity contribution < 1.29 is 84.0 Å². The van der Waals surface area contributed by atoms with E-state index in [1.54, 1.807) is 12.1 Å². The molecule has 2 rings (SSSR count). The van der Waals surface area contributed by atoms with E-state index >= 15 is 0 Å². The Hall–Kier alpha value is -0.660. The molecule has 156 valence electrons. The van der Waals surface area contributed by atoms with Gasteiger partial charge in [-0.1, -0.05) is 80.8 Å². The van der Waals surface area contributed by atoms with Crippen LogP contribution in [0.5, 0.6) is 0 Å². The van der Waals surface area contributed by atoms with Gasteiger partial charge in [-0.05, 0) is 48.3 Å². The Morgan fingerprint density at radius 2 is 1.42 bits per heavy atom. The smallest absolute Gasteiger partial charge is 0.550 e. The molecule has 0 spiro atoms. The van der Waals surface area contributed by atoms with E-state index in [2.05, 4.69) is 6.92 Å². The van der Waals surface area contributed by atoms with E-state index < -0.39 is 17.5 Å². The van der Waals surface area contributed by atoms with E-state index in [-0.39, 0.29) is 77.0 Å². The molecule has 0 bridgehead atoms. The molecule has 5 nitrogen and oxygen atoms in total. The van der Waals surface area contributed by atoms with Gasteiger partial charge >= 0.3 is 59.1 Å². The molecular weight excluding hydrogens is 414 g/mol. The number of carboxylic acids is 2. The van der Waals surface area contributed by atoms with Crippen LogP contribution in [0.2, 0.25) is 0 Å². The van der Waals surface area contributed by atoms with Crippen molar-refractivity contribution in [2.45, 2.75) is 57.5 Å². The Morgan fingerprint density at radius 3 is 1.94 bits per heavy atom. The molecule has 0 aliphatic carbocycles. The Bertz CT molecular complexity index is 795. The number of carbonyl (C=O) groups is 2. The second-order valence-corrected chi connectivity index (χ2v) is 7.45. The molecule has 2 aromatic carbocycles. The van der Waals surface area contributed by atoms with E-state index in [1.807, 2.05) is 30.3 Å². The first-order valence-corrected chi connectivity index (χ1v) is 10.2. The number of rotatable bonds is 12. The topological polar surface area (TPSA) is 100 Å². The molecule has 0 aromatic heterocycles. The number of hydrogen-bond acceptors (Lipinski definition) is 5. The van der Waals surface area contributed by atoms with Gasteiger partial charge < -0.3 is 24.9 Å². The largest absolute Gasteiger partial charge is 1.00 e. The number of carboxylic acid groups (broad SMARTS) is 2. The van der Waals surface area contributed by atoms with Crippen LogP contribution >= 0.6 is 0 Å². The summed E-state index contributed by atoms with van der Waals surface area (Å²) in [6.45, 7) is 2.10. The third-order valence-corrected chi connectivity index (χ3v) is 5.46. The van der Waals surface area contributed by atoms with Gasteiger partial charge in [0.1, 0.15) is 5.60 Å². The van der Waals surface area contributed by atoms with Crippen molar-refractivity contribution in [1.82, 2.24) is 0 Å². The fourth-order valence-electron chi connectivity index (χ4n) is 3.89. The normalized spacial score (nSPS) is 13.2. The summed E-state index contributed by atoms with van der Waals surface area (Å²) in [5.41, 5.74) is -0.0192. The zero-order valence-electron chi connectivity index (χ0n) is 18.8. The fraction of sp³-hybridized carbons (Fsp3) is 0.417. The van der Waals surface area contributed by atoms with Gasteiger partial charge in [0.25, 0.3) is 0 Å². The summed E-state index contributed by atoms with van der Waals surface area (Å²) < 4.78 is 0. The number of unbranched alkanes of at least 4 members (excludes halogenated alkanes) is 2. The SMILES string of the molecule is CCCCCC(CCCC(=O)[O-])C(O)(c1ccccc1)c1ccc(C(=O)[O-])cc1.[Na+].[Na+]. The Kier molecular flexibility index (Phi) is 14.9. The van der Waals surface area contributed by atoms with Crippen LogP contribution < -0.4 is 69.3 Å². The van der Waals surface area contributed by atoms with Crippen LogP contribution in [0, 0.1) is 5.92 Å². The predicted octanol–water partition coefficient (Wildman–Crippen LogP) is -3.59. The number of carbonyl (C=O) groups excluding carboxylic acids is 2. The van der Waals surface area contributed by atoms with Crippen molar-refractivity contribution in [2.75, 3.05) is 0 Å². The van der Waals surface area contributed by atoms with Crippen molar-refractivity contribution in [2.24, 2.45) is 5.92 Å². The molecule has 2 aromatic rings. The quantitative estimate of drug-likeness (QED) is 0.271. The maximum absolute atomic E-state index is 12.0. The molecule has 0 radical (unpaired) electrons. The van der Waals surface area contributed by atoms with Crippen LogP contribution in [-0.4, -0.2) is 17.0 Å². The van der Waals surface area contributed by atoms with Crippen LogP contribution in [0.15, 0.2) is 54.6 Å². The zero-order chi connectivity index (χ0) is 21.3. The Balaban J connectivity index is 0.00000450. The summed E-state index contributed by atoms with van der Waals surface area (Å²) >= 11 is 0. The van der Waals surface area contributed by atoms with Crippen molar-refractivity contribution >= 4 is 11.9 Å². The van der Waals surface area contributed by atoms with Crippen LogP contribution in [-0.2, 0) is 10.4 Å². The maximum Gasteiger partial charge on any atom is 1.00 e. The first kappa shape index (κ1) is 30.3. The molecule has 0 aliphatic rings. The standard InChI is InChI=1S/C24H30O5.2Na/c1-2-3-5-9-20(12-8-13-22(25)26)24(29,19-10-6-4-7-11-19)21-16-14-18(15-17-21)23(27)28;;/h4,6-7,10-11,14-17,20,29H,2-3,5,8-9,12-13H2,1H3,(H,25,26)(H,27,28);;/q;2*+1/p-2.